The molecule has 0 radical (unpaired) electrons. The van der Waals surface area contributed by atoms with Gasteiger partial charge in [-0.15, -0.1) is 0 Å². The van der Waals surface area contributed by atoms with Gasteiger partial charge in [-0.2, -0.15) is 23.5 Å². The van der Waals surface area contributed by atoms with Crippen LogP contribution in [0, 0.1) is 5.92 Å². The van der Waals surface area contributed by atoms with Gasteiger partial charge in [-0.05, 0) is 31.6 Å². The summed E-state index contributed by atoms with van der Waals surface area (Å²) in [7, 11) is -2.97. The van der Waals surface area contributed by atoms with Crippen molar-refractivity contribution in [3.05, 3.63) is 0 Å². The Labute approximate surface area is 131 Å². The largest absolute Gasteiger partial charge is 0.392 e. The van der Waals surface area contributed by atoms with E-state index in [-0.39, 0.29) is 22.5 Å². The Morgan fingerprint density at radius 1 is 1.25 bits per heavy atom. The Morgan fingerprint density at radius 3 is 2.60 bits per heavy atom. The monoisotopic (exact) mass is 338 g/mol. The molecule has 1 aliphatic carbocycles. The first kappa shape index (κ1) is 17.0. The Balaban J connectivity index is 2.02. The first-order valence-electron chi connectivity index (χ1n) is 7.53. The molecular formula is C14H26O3S3. The molecule has 1 saturated carbocycles. The van der Waals surface area contributed by atoms with Gasteiger partial charge in [0, 0.05) is 28.3 Å². The lowest BCUT2D eigenvalue weighted by Gasteiger charge is -2.39. The minimum Gasteiger partial charge on any atom is -0.392 e. The smallest absolute Gasteiger partial charge is 0.150 e. The molecule has 20 heavy (non-hydrogen) atoms. The Hall–Kier alpha value is 0.610. The molecule has 2 aliphatic rings. The normalized spacial score (nSPS) is 37.5. The molecule has 6 heteroatoms. The molecular weight excluding hydrogens is 312 g/mol. The first-order valence-corrected chi connectivity index (χ1v) is 11.6. The molecule has 1 saturated heterocycles. The van der Waals surface area contributed by atoms with Gasteiger partial charge in [-0.1, -0.05) is 13.3 Å². The van der Waals surface area contributed by atoms with Gasteiger partial charge in [-0.25, -0.2) is 8.42 Å². The van der Waals surface area contributed by atoms with E-state index in [1.807, 2.05) is 23.5 Å². The molecule has 2 fully saturated rings. The summed E-state index contributed by atoms with van der Waals surface area (Å²) in [6, 6.07) is 0. The van der Waals surface area contributed by atoms with Gasteiger partial charge < -0.3 is 5.11 Å². The molecule has 5 atom stereocenters. The molecule has 1 aliphatic heterocycles. The molecule has 5 unspecified atom stereocenters. The van der Waals surface area contributed by atoms with E-state index in [0.29, 0.717) is 11.7 Å². The molecule has 1 heterocycles. The number of aliphatic hydroxyl groups is 1. The summed E-state index contributed by atoms with van der Waals surface area (Å²) in [6.45, 7) is 2.18. The molecule has 0 spiro atoms. The Morgan fingerprint density at radius 2 is 1.95 bits per heavy atom. The second-order valence-electron chi connectivity index (χ2n) is 6.02. The maximum Gasteiger partial charge on any atom is 0.150 e. The van der Waals surface area contributed by atoms with Crippen LogP contribution in [0.1, 0.15) is 39.0 Å². The van der Waals surface area contributed by atoms with E-state index in [4.69, 9.17) is 0 Å². The average molecular weight is 339 g/mol. The topological polar surface area (TPSA) is 54.4 Å². The third-order valence-corrected chi connectivity index (χ3v) is 9.58. The van der Waals surface area contributed by atoms with Crippen LogP contribution in [0.15, 0.2) is 0 Å². The van der Waals surface area contributed by atoms with Crippen molar-refractivity contribution in [1.29, 1.82) is 0 Å². The van der Waals surface area contributed by atoms with Crippen molar-refractivity contribution in [3.63, 3.8) is 0 Å². The second-order valence-corrected chi connectivity index (χ2v) is 11.0. The first-order chi connectivity index (χ1) is 9.43. The van der Waals surface area contributed by atoms with Crippen LogP contribution in [-0.4, -0.2) is 53.1 Å². The van der Waals surface area contributed by atoms with Crippen LogP contribution in [0.25, 0.3) is 0 Å². The molecule has 0 amide bonds. The van der Waals surface area contributed by atoms with Crippen LogP contribution in [0.4, 0.5) is 0 Å². The summed E-state index contributed by atoms with van der Waals surface area (Å²) >= 11 is 3.86. The fraction of sp³-hybridized carbons (Fsp3) is 1.00. The van der Waals surface area contributed by atoms with Gasteiger partial charge in [-0.3, -0.25) is 0 Å². The number of rotatable bonds is 4. The van der Waals surface area contributed by atoms with Crippen molar-refractivity contribution in [1.82, 2.24) is 0 Å². The average Bonchev–Trinajstić information content (AvgIpc) is 2.45. The van der Waals surface area contributed by atoms with Crippen molar-refractivity contribution in [2.75, 3.05) is 17.8 Å². The van der Waals surface area contributed by atoms with Crippen molar-refractivity contribution in [3.8, 4) is 0 Å². The quantitative estimate of drug-likeness (QED) is 0.854. The number of aliphatic hydroxyl groups excluding tert-OH is 1. The molecule has 2 rings (SSSR count). The maximum absolute atomic E-state index is 11.8. The molecule has 3 nitrogen and oxygen atoms in total. The summed E-state index contributed by atoms with van der Waals surface area (Å²) in [5.41, 5.74) is 0. The zero-order valence-electron chi connectivity index (χ0n) is 12.3. The van der Waals surface area contributed by atoms with E-state index >= 15 is 0 Å². The summed E-state index contributed by atoms with van der Waals surface area (Å²) < 4.78 is 23.5. The molecule has 0 aromatic rings. The highest BCUT2D eigenvalue weighted by molar-refractivity contribution is 8.07. The van der Waals surface area contributed by atoms with E-state index in [1.54, 1.807) is 0 Å². The number of hydrogen-bond donors (Lipinski definition) is 1. The highest BCUT2D eigenvalue weighted by Gasteiger charge is 2.39. The fourth-order valence-electron chi connectivity index (χ4n) is 3.40. The maximum atomic E-state index is 11.8. The molecule has 0 aromatic carbocycles. The van der Waals surface area contributed by atoms with Crippen LogP contribution < -0.4 is 0 Å². The van der Waals surface area contributed by atoms with Crippen molar-refractivity contribution in [2.45, 2.75) is 60.9 Å². The van der Waals surface area contributed by atoms with Crippen molar-refractivity contribution >= 4 is 33.4 Å². The predicted octanol–water partition coefficient (Wildman–Crippen LogP) is 2.58. The third-order valence-electron chi connectivity index (χ3n) is 4.59. The van der Waals surface area contributed by atoms with Gasteiger partial charge in [0.15, 0.2) is 0 Å². The minimum atomic E-state index is -2.97. The summed E-state index contributed by atoms with van der Waals surface area (Å²) in [5.74, 6) is 2.43. The summed E-state index contributed by atoms with van der Waals surface area (Å²) in [5, 5.41) is 11.3. The SMILES string of the molecule is CCC1SCCSC1C(O)C1CCCC(S(C)(=O)=O)C1. The number of hydrogen-bond acceptors (Lipinski definition) is 5. The molecule has 118 valence electrons. The van der Waals surface area contributed by atoms with E-state index in [9.17, 15) is 13.5 Å². The van der Waals surface area contributed by atoms with Crippen molar-refractivity contribution < 1.29 is 13.5 Å². The van der Waals surface area contributed by atoms with Gasteiger partial charge in [0.05, 0.1) is 11.4 Å². The standard InChI is InChI=1S/C14H26O3S3/c1-3-12-14(19-8-7-18-12)13(15)10-5-4-6-11(9-10)20(2,16)17/h10-15H,3-9H2,1-2H3. The van der Waals surface area contributed by atoms with Gasteiger partial charge >= 0.3 is 0 Å². The van der Waals surface area contributed by atoms with Gasteiger partial charge in [0.2, 0.25) is 0 Å². The zero-order valence-corrected chi connectivity index (χ0v) is 14.8. The Bertz CT molecular complexity index is 410. The van der Waals surface area contributed by atoms with E-state index in [2.05, 4.69) is 6.92 Å². The van der Waals surface area contributed by atoms with Crippen LogP contribution >= 0.6 is 23.5 Å². The van der Waals surface area contributed by atoms with E-state index in [1.165, 1.54) is 12.0 Å². The molecule has 0 bridgehead atoms. The van der Waals surface area contributed by atoms with Crippen LogP contribution in [0.3, 0.4) is 0 Å². The van der Waals surface area contributed by atoms with Crippen LogP contribution in [0.2, 0.25) is 0 Å². The molecule has 1 N–H and O–H groups in total. The van der Waals surface area contributed by atoms with Crippen molar-refractivity contribution in [2.24, 2.45) is 5.92 Å². The second kappa shape index (κ2) is 7.25. The van der Waals surface area contributed by atoms with Crippen LogP contribution in [-0.2, 0) is 9.84 Å². The van der Waals surface area contributed by atoms with Gasteiger partial charge in [0.25, 0.3) is 0 Å². The minimum absolute atomic E-state index is 0.161. The molecule has 0 aromatic heterocycles. The highest BCUT2D eigenvalue weighted by Crippen LogP contribution is 2.40. The van der Waals surface area contributed by atoms with Gasteiger partial charge in [0.1, 0.15) is 9.84 Å². The lowest BCUT2D eigenvalue weighted by molar-refractivity contribution is 0.0824. The predicted molar refractivity (Wildman–Crippen MR) is 89.4 cm³/mol. The van der Waals surface area contributed by atoms with E-state index in [0.717, 1.165) is 31.4 Å². The number of sulfone groups is 1. The number of thioether (sulfide) groups is 2. The summed E-state index contributed by atoms with van der Waals surface area (Å²) in [6.07, 6.45) is 5.41. The Kier molecular flexibility index (Phi) is 6.15. The highest BCUT2D eigenvalue weighted by atomic mass is 32.2. The zero-order chi connectivity index (χ0) is 14.8. The van der Waals surface area contributed by atoms with E-state index < -0.39 is 9.84 Å². The third kappa shape index (κ3) is 4.08. The lowest BCUT2D eigenvalue weighted by atomic mass is 9.83. The summed E-state index contributed by atoms with van der Waals surface area (Å²) in [4.78, 5) is 0. The van der Waals surface area contributed by atoms with Crippen LogP contribution in [0.5, 0.6) is 0 Å². The fourth-order valence-corrected chi connectivity index (χ4v) is 7.82. The lowest BCUT2D eigenvalue weighted by Crippen LogP contribution is -2.43.